The number of hydrogen-bond donors (Lipinski definition) is 0. The molecule has 1 aromatic carbocycles. The lowest BCUT2D eigenvalue weighted by Gasteiger charge is -2.31. The van der Waals surface area contributed by atoms with Crippen LogP contribution >= 0.6 is 0 Å². The fraction of sp³-hybridized carbons (Fsp3) is 0.500. The van der Waals surface area contributed by atoms with Gasteiger partial charge in [0, 0.05) is 37.6 Å². The van der Waals surface area contributed by atoms with E-state index in [0.29, 0.717) is 5.92 Å². The van der Waals surface area contributed by atoms with E-state index >= 15 is 0 Å². The number of benzene rings is 1. The number of aromatic nitrogens is 1. The van der Waals surface area contributed by atoms with Gasteiger partial charge < -0.3 is 9.80 Å². The van der Waals surface area contributed by atoms with E-state index in [1.54, 1.807) is 0 Å². The molecule has 0 bridgehead atoms. The predicted octanol–water partition coefficient (Wildman–Crippen LogP) is 3.65. The van der Waals surface area contributed by atoms with E-state index in [4.69, 9.17) is 0 Å². The lowest BCUT2D eigenvalue weighted by atomic mass is 9.93. The number of amides is 1. The highest BCUT2D eigenvalue weighted by molar-refractivity contribution is 5.97. The van der Waals surface area contributed by atoms with Crippen molar-refractivity contribution in [3.05, 3.63) is 64.5 Å². The zero-order valence-corrected chi connectivity index (χ0v) is 17.2. The maximum Gasteiger partial charge on any atom is 0.254 e. The molecule has 28 heavy (non-hydrogen) atoms. The van der Waals surface area contributed by atoms with Crippen molar-refractivity contribution >= 4 is 5.91 Å². The highest BCUT2D eigenvalue weighted by Crippen LogP contribution is 2.25. The van der Waals surface area contributed by atoms with Gasteiger partial charge in [-0.15, -0.1) is 0 Å². The second kappa shape index (κ2) is 8.44. The van der Waals surface area contributed by atoms with Crippen molar-refractivity contribution < 1.29 is 4.79 Å². The van der Waals surface area contributed by atoms with E-state index in [1.165, 1.54) is 35.1 Å². The summed E-state index contributed by atoms with van der Waals surface area (Å²) in [4.78, 5) is 21.7. The fourth-order valence-electron chi connectivity index (χ4n) is 4.62. The minimum atomic E-state index is 0.237. The van der Waals surface area contributed by atoms with Gasteiger partial charge in [0.2, 0.25) is 0 Å². The number of carbonyl (C=O) groups excluding carboxylic acids is 1. The molecule has 2 aliphatic rings. The zero-order chi connectivity index (χ0) is 19.5. The van der Waals surface area contributed by atoms with Crippen molar-refractivity contribution in [1.29, 1.82) is 0 Å². The molecule has 4 nitrogen and oxygen atoms in total. The number of fused-ring (bicyclic) bond motifs is 1. The third-order valence-electron chi connectivity index (χ3n) is 6.43. The molecule has 1 fully saturated rings. The monoisotopic (exact) mass is 377 g/mol. The van der Waals surface area contributed by atoms with E-state index in [-0.39, 0.29) is 5.91 Å². The number of aryl methyl sites for hydroxylation is 3. The molecule has 148 valence electrons. The normalized spacial score (nSPS) is 19.9. The third-order valence-corrected chi connectivity index (χ3v) is 6.43. The molecule has 3 heterocycles. The maximum atomic E-state index is 13.0. The summed E-state index contributed by atoms with van der Waals surface area (Å²) in [6.45, 7) is 9.45. The van der Waals surface area contributed by atoms with Crippen LogP contribution < -0.4 is 0 Å². The van der Waals surface area contributed by atoms with Crippen LogP contribution in [0.4, 0.5) is 0 Å². The molecule has 0 saturated carbocycles. The van der Waals surface area contributed by atoms with Crippen molar-refractivity contribution in [1.82, 2.24) is 14.8 Å². The summed E-state index contributed by atoms with van der Waals surface area (Å²) >= 11 is 0. The summed E-state index contributed by atoms with van der Waals surface area (Å²) in [6.07, 6.45) is 8.24. The molecule has 0 spiro atoms. The van der Waals surface area contributed by atoms with Gasteiger partial charge >= 0.3 is 0 Å². The van der Waals surface area contributed by atoms with E-state index in [1.807, 2.05) is 12.4 Å². The predicted molar refractivity (Wildman–Crippen MR) is 113 cm³/mol. The molecule has 2 aliphatic heterocycles. The largest absolute Gasteiger partial charge is 0.338 e. The minimum absolute atomic E-state index is 0.237. The molecular formula is C24H31N3O. The fourth-order valence-corrected chi connectivity index (χ4v) is 4.62. The summed E-state index contributed by atoms with van der Waals surface area (Å²) < 4.78 is 0. The Balaban J connectivity index is 1.27. The van der Waals surface area contributed by atoms with Crippen LogP contribution in [0.25, 0.3) is 0 Å². The van der Waals surface area contributed by atoms with Crippen molar-refractivity contribution in [2.75, 3.05) is 32.7 Å². The quantitative estimate of drug-likeness (QED) is 0.771. The highest BCUT2D eigenvalue weighted by Gasteiger charge is 2.29. The molecule has 0 N–H and O–H groups in total. The zero-order valence-electron chi connectivity index (χ0n) is 17.2. The summed E-state index contributed by atoms with van der Waals surface area (Å²) in [5.41, 5.74) is 6.04. The van der Waals surface area contributed by atoms with Gasteiger partial charge in [0.25, 0.3) is 5.91 Å². The molecule has 1 aromatic heterocycles. The van der Waals surface area contributed by atoms with Crippen LogP contribution in [0.15, 0.2) is 36.7 Å². The van der Waals surface area contributed by atoms with Crippen molar-refractivity contribution in [3.63, 3.8) is 0 Å². The molecule has 1 unspecified atom stereocenters. The first kappa shape index (κ1) is 19.1. The molecule has 0 radical (unpaired) electrons. The second-order valence-corrected chi connectivity index (χ2v) is 8.51. The van der Waals surface area contributed by atoms with Gasteiger partial charge in [0.05, 0.1) is 0 Å². The Kier molecular flexibility index (Phi) is 5.77. The van der Waals surface area contributed by atoms with Gasteiger partial charge in [-0.25, -0.2) is 0 Å². The van der Waals surface area contributed by atoms with Gasteiger partial charge in [-0.2, -0.15) is 0 Å². The molecule has 2 aromatic rings. The Hall–Kier alpha value is -2.20. The van der Waals surface area contributed by atoms with Crippen LogP contribution in [0.3, 0.4) is 0 Å². The molecule has 1 saturated heterocycles. The first-order chi connectivity index (χ1) is 13.6. The molecule has 0 aliphatic carbocycles. The van der Waals surface area contributed by atoms with Gasteiger partial charge in [-0.3, -0.25) is 9.78 Å². The summed E-state index contributed by atoms with van der Waals surface area (Å²) in [5, 5.41) is 0. The molecule has 1 atom stereocenters. The van der Waals surface area contributed by atoms with Gasteiger partial charge in [0.1, 0.15) is 0 Å². The van der Waals surface area contributed by atoms with Crippen molar-refractivity contribution in [2.24, 2.45) is 5.92 Å². The second-order valence-electron chi connectivity index (χ2n) is 8.51. The van der Waals surface area contributed by atoms with E-state index < -0.39 is 0 Å². The smallest absolute Gasteiger partial charge is 0.254 e. The van der Waals surface area contributed by atoms with Crippen LogP contribution in [-0.4, -0.2) is 53.4 Å². The van der Waals surface area contributed by atoms with E-state index in [2.05, 4.69) is 52.9 Å². The Morgan fingerprint density at radius 1 is 1.11 bits per heavy atom. The van der Waals surface area contributed by atoms with Crippen LogP contribution in [-0.2, 0) is 12.8 Å². The number of likely N-dealkylation sites (tertiary alicyclic amines) is 1. The number of hydrogen-bond acceptors (Lipinski definition) is 3. The van der Waals surface area contributed by atoms with E-state index in [9.17, 15) is 4.79 Å². The standard InChI is InChI=1S/C24H31N3O/c1-18-14-22-8-13-27(24(28)23(22)15-19(18)2)17-21-7-12-26(16-21)11-3-4-20-5-9-25-10-6-20/h5-6,9-10,14-15,21H,3-4,7-8,11-13,16-17H2,1-2H3. The van der Waals surface area contributed by atoms with Crippen LogP contribution in [0, 0.1) is 19.8 Å². The Morgan fingerprint density at radius 2 is 1.89 bits per heavy atom. The van der Waals surface area contributed by atoms with Gasteiger partial charge in [-0.05, 0) is 99.0 Å². The lowest BCUT2D eigenvalue weighted by molar-refractivity contribution is 0.0712. The molecule has 4 rings (SSSR count). The first-order valence-corrected chi connectivity index (χ1v) is 10.6. The lowest BCUT2D eigenvalue weighted by Crippen LogP contribution is -2.41. The average molecular weight is 378 g/mol. The summed E-state index contributed by atoms with van der Waals surface area (Å²) in [7, 11) is 0. The van der Waals surface area contributed by atoms with Crippen LogP contribution in [0.1, 0.15) is 45.5 Å². The number of nitrogens with zero attached hydrogens (tertiary/aromatic N) is 3. The minimum Gasteiger partial charge on any atom is -0.338 e. The average Bonchev–Trinajstić information content (AvgIpc) is 3.14. The number of carbonyl (C=O) groups is 1. The summed E-state index contributed by atoms with van der Waals surface area (Å²) in [5.74, 6) is 0.846. The summed E-state index contributed by atoms with van der Waals surface area (Å²) in [6, 6.07) is 8.52. The van der Waals surface area contributed by atoms with Crippen molar-refractivity contribution in [2.45, 2.75) is 39.5 Å². The Morgan fingerprint density at radius 3 is 2.71 bits per heavy atom. The Labute approximate surface area is 168 Å². The highest BCUT2D eigenvalue weighted by atomic mass is 16.2. The first-order valence-electron chi connectivity index (χ1n) is 10.6. The van der Waals surface area contributed by atoms with Crippen LogP contribution in [0.5, 0.6) is 0 Å². The maximum absolute atomic E-state index is 13.0. The molecule has 1 amide bonds. The number of pyridine rings is 1. The van der Waals surface area contributed by atoms with Gasteiger partial charge in [-0.1, -0.05) is 6.07 Å². The van der Waals surface area contributed by atoms with Crippen LogP contribution in [0.2, 0.25) is 0 Å². The van der Waals surface area contributed by atoms with Gasteiger partial charge in [0.15, 0.2) is 0 Å². The van der Waals surface area contributed by atoms with E-state index in [0.717, 1.165) is 51.1 Å². The number of rotatable bonds is 6. The van der Waals surface area contributed by atoms with Crippen molar-refractivity contribution in [3.8, 4) is 0 Å². The molecule has 4 heteroatoms. The SMILES string of the molecule is Cc1cc2c(cc1C)C(=O)N(CC1CCN(CCCc3ccncc3)C1)CC2. The third kappa shape index (κ3) is 4.27. The molecular weight excluding hydrogens is 346 g/mol. The topological polar surface area (TPSA) is 36.4 Å². The Bertz CT molecular complexity index is 833.